The Kier molecular flexibility index (Phi) is 4.60. The lowest BCUT2D eigenvalue weighted by molar-refractivity contribution is 0.103. The molecule has 17 heavy (non-hydrogen) atoms. The van der Waals surface area contributed by atoms with Gasteiger partial charge in [-0.25, -0.2) is 0 Å². The molecular weight excluding hydrogens is 212 g/mol. The predicted octanol–water partition coefficient (Wildman–Crippen LogP) is 0.836. The second kappa shape index (κ2) is 6.43. The smallest absolute Gasteiger partial charge is 0.189 e. The van der Waals surface area contributed by atoms with Crippen LogP contribution >= 0.6 is 0 Å². The van der Waals surface area contributed by atoms with Crippen molar-refractivity contribution in [2.24, 2.45) is 4.99 Å². The molecule has 1 fully saturated rings. The van der Waals surface area contributed by atoms with Gasteiger partial charge in [-0.15, -0.1) is 0 Å². The molecule has 2 heterocycles. The number of unbranched alkanes of at least 4 members (excludes halogenated alkanes) is 1. The molecule has 2 aliphatic rings. The van der Waals surface area contributed by atoms with Gasteiger partial charge in [0, 0.05) is 51.1 Å². The molecule has 1 N–H and O–H groups in total. The van der Waals surface area contributed by atoms with Crippen molar-refractivity contribution < 1.29 is 0 Å². The van der Waals surface area contributed by atoms with Crippen molar-refractivity contribution in [1.29, 1.82) is 0 Å². The molecule has 92 valence electrons. The van der Waals surface area contributed by atoms with Gasteiger partial charge in [0.05, 0.1) is 0 Å². The Balaban J connectivity index is 2.00. The van der Waals surface area contributed by atoms with Crippen LogP contribution in [0.1, 0.15) is 19.8 Å². The molecule has 1 saturated heterocycles. The van der Waals surface area contributed by atoms with Crippen LogP contribution < -0.4 is 5.32 Å². The maximum atomic E-state index is 4.52. The van der Waals surface area contributed by atoms with E-state index in [-0.39, 0.29) is 6.29 Å². The minimum absolute atomic E-state index is 0.0615. The molecule has 0 aromatic heterocycles. The van der Waals surface area contributed by atoms with E-state index in [0.717, 1.165) is 39.0 Å². The van der Waals surface area contributed by atoms with E-state index in [2.05, 4.69) is 34.1 Å². The van der Waals surface area contributed by atoms with Crippen LogP contribution in [0, 0.1) is 12.0 Å². The van der Waals surface area contributed by atoms with Crippen LogP contribution in [-0.2, 0) is 0 Å². The van der Waals surface area contributed by atoms with Crippen LogP contribution in [0.2, 0.25) is 0 Å². The van der Waals surface area contributed by atoms with Gasteiger partial charge in [-0.05, 0) is 12.5 Å². The van der Waals surface area contributed by atoms with E-state index in [1.807, 2.05) is 23.4 Å². The molecule has 4 nitrogen and oxygen atoms in total. The number of nitrogens with zero attached hydrogens (tertiary/aromatic N) is 3. The third-order valence-electron chi connectivity index (χ3n) is 2.86. The summed E-state index contributed by atoms with van der Waals surface area (Å²) in [7, 11) is 0. The Morgan fingerprint density at radius 1 is 1.41 bits per heavy atom. The Labute approximate surface area is 103 Å². The van der Waals surface area contributed by atoms with Gasteiger partial charge in [-0.1, -0.05) is 12.8 Å². The molecule has 0 saturated carbocycles. The summed E-state index contributed by atoms with van der Waals surface area (Å²) in [6.45, 7) is 6.27. The van der Waals surface area contributed by atoms with Crippen LogP contribution in [0.4, 0.5) is 0 Å². The molecule has 0 radical (unpaired) electrons. The Hall–Kier alpha value is -1.31. The van der Waals surface area contributed by atoms with E-state index < -0.39 is 0 Å². The minimum Gasteiger partial charge on any atom is -0.314 e. The highest BCUT2D eigenvalue weighted by Crippen LogP contribution is 2.11. The zero-order chi connectivity index (χ0) is 11.9. The van der Waals surface area contributed by atoms with Crippen molar-refractivity contribution in [3.63, 3.8) is 0 Å². The van der Waals surface area contributed by atoms with Crippen LogP contribution in [0.25, 0.3) is 0 Å². The van der Waals surface area contributed by atoms with Gasteiger partial charge in [0.25, 0.3) is 0 Å². The number of allylic oxidation sites excluding steroid dienone is 1. The van der Waals surface area contributed by atoms with Gasteiger partial charge in [-0.3, -0.25) is 14.8 Å². The highest BCUT2D eigenvalue weighted by Gasteiger charge is 2.23. The minimum atomic E-state index is 0.0615. The van der Waals surface area contributed by atoms with E-state index in [1.54, 1.807) is 0 Å². The summed E-state index contributed by atoms with van der Waals surface area (Å²) in [6.07, 6.45) is 7.94. The maximum absolute atomic E-state index is 4.52. The standard InChI is InChI=1S/C13H20N4/c1-2-3-4-9-16-10-5-6-15-13(16)17-11-7-14-8-12-17/h5-6,10,13-14H,2-3,7-8,11-12H2,1H3. The molecule has 0 aliphatic carbocycles. The normalized spacial score (nSPS) is 24.5. The summed E-state index contributed by atoms with van der Waals surface area (Å²) < 4.78 is 0. The summed E-state index contributed by atoms with van der Waals surface area (Å²) in [5.41, 5.74) is 0. The summed E-state index contributed by atoms with van der Waals surface area (Å²) in [5.74, 6) is 3.18. The first-order valence-electron chi connectivity index (χ1n) is 6.33. The first kappa shape index (κ1) is 12.2. The molecule has 2 aliphatic heterocycles. The lowest BCUT2D eigenvalue weighted by Crippen LogP contribution is -2.52. The molecular formula is C13H20N4. The number of rotatable bonds is 2. The van der Waals surface area contributed by atoms with E-state index in [9.17, 15) is 0 Å². The molecule has 0 amide bonds. The van der Waals surface area contributed by atoms with Crippen molar-refractivity contribution >= 4 is 6.21 Å². The maximum Gasteiger partial charge on any atom is 0.189 e. The summed E-state index contributed by atoms with van der Waals surface area (Å²) >= 11 is 0. The number of hydrogen-bond acceptors (Lipinski definition) is 4. The topological polar surface area (TPSA) is 30.9 Å². The van der Waals surface area contributed by atoms with Gasteiger partial charge in [0.1, 0.15) is 0 Å². The monoisotopic (exact) mass is 232 g/mol. The average molecular weight is 232 g/mol. The van der Waals surface area contributed by atoms with Crippen LogP contribution in [0.15, 0.2) is 17.3 Å². The zero-order valence-corrected chi connectivity index (χ0v) is 10.4. The second-order valence-electron chi connectivity index (χ2n) is 4.22. The number of aliphatic imine (C=N–C) groups is 1. The van der Waals surface area contributed by atoms with Crippen molar-refractivity contribution in [2.45, 2.75) is 26.1 Å². The third kappa shape index (κ3) is 3.32. The van der Waals surface area contributed by atoms with Crippen molar-refractivity contribution in [2.75, 3.05) is 26.2 Å². The SMILES string of the molecule is CCCC#CN1C=CC=NC1N1CCNCC1. The molecule has 0 aromatic rings. The third-order valence-corrected chi connectivity index (χ3v) is 2.86. The second-order valence-corrected chi connectivity index (χ2v) is 4.22. The first-order valence-corrected chi connectivity index (χ1v) is 6.33. The first-order chi connectivity index (χ1) is 8.42. The van der Waals surface area contributed by atoms with E-state index in [1.165, 1.54) is 0 Å². The largest absolute Gasteiger partial charge is 0.314 e. The van der Waals surface area contributed by atoms with E-state index in [4.69, 9.17) is 0 Å². The predicted molar refractivity (Wildman–Crippen MR) is 70.4 cm³/mol. The van der Waals surface area contributed by atoms with Gasteiger partial charge < -0.3 is 5.32 Å². The molecule has 0 bridgehead atoms. The van der Waals surface area contributed by atoms with Gasteiger partial charge in [0.2, 0.25) is 0 Å². The molecule has 0 spiro atoms. The number of nitrogens with one attached hydrogen (secondary N) is 1. The fourth-order valence-corrected chi connectivity index (χ4v) is 1.96. The molecule has 2 rings (SSSR count). The molecule has 1 unspecified atom stereocenters. The van der Waals surface area contributed by atoms with Gasteiger partial charge in [-0.2, -0.15) is 0 Å². The molecule has 4 heteroatoms. The zero-order valence-electron chi connectivity index (χ0n) is 10.4. The lowest BCUT2D eigenvalue weighted by atomic mass is 10.3. The van der Waals surface area contributed by atoms with Gasteiger partial charge >= 0.3 is 0 Å². The summed E-state index contributed by atoms with van der Waals surface area (Å²) in [4.78, 5) is 8.90. The molecule has 0 aromatic carbocycles. The summed E-state index contributed by atoms with van der Waals surface area (Å²) in [5, 5.41) is 3.35. The Morgan fingerprint density at radius 2 is 2.24 bits per heavy atom. The van der Waals surface area contributed by atoms with Crippen molar-refractivity contribution in [3.05, 3.63) is 12.3 Å². The van der Waals surface area contributed by atoms with E-state index >= 15 is 0 Å². The molecule has 1 atom stereocenters. The quantitative estimate of drug-likeness (QED) is 0.716. The fourth-order valence-electron chi connectivity index (χ4n) is 1.96. The van der Waals surface area contributed by atoms with E-state index in [0.29, 0.717) is 0 Å². The van der Waals surface area contributed by atoms with Gasteiger partial charge in [0.15, 0.2) is 6.29 Å². The van der Waals surface area contributed by atoms with Crippen LogP contribution in [-0.4, -0.2) is 48.5 Å². The fraction of sp³-hybridized carbons (Fsp3) is 0.615. The van der Waals surface area contributed by atoms with Crippen LogP contribution in [0.3, 0.4) is 0 Å². The average Bonchev–Trinajstić information content (AvgIpc) is 2.41. The highest BCUT2D eigenvalue weighted by atomic mass is 15.4. The highest BCUT2D eigenvalue weighted by molar-refractivity contribution is 5.72. The lowest BCUT2D eigenvalue weighted by Gasteiger charge is -2.36. The van der Waals surface area contributed by atoms with Crippen molar-refractivity contribution in [1.82, 2.24) is 15.1 Å². The number of hydrogen-bond donors (Lipinski definition) is 1. The van der Waals surface area contributed by atoms with Crippen LogP contribution in [0.5, 0.6) is 0 Å². The van der Waals surface area contributed by atoms with Crippen molar-refractivity contribution in [3.8, 4) is 12.0 Å². The Morgan fingerprint density at radius 3 is 3.00 bits per heavy atom. The number of piperazine rings is 1. The Bertz CT molecular complexity index is 344. The summed E-state index contributed by atoms with van der Waals surface area (Å²) in [6, 6.07) is 3.19.